The van der Waals surface area contributed by atoms with Crippen LogP contribution in [0.5, 0.6) is 0 Å². The van der Waals surface area contributed by atoms with Crippen molar-refractivity contribution in [2.24, 2.45) is 0 Å². The molecule has 2 aromatic carbocycles. The van der Waals surface area contributed by atoms with Gasteiger partial charge >= 0.3 is 0 Å². The predicted molar refractivity (Wildman–Crippen MR) is 127 cm³/mol. The minimum absolute atomic E-state index is 0.0952. The van der Waals surface area contributed by atoms with E-state index < -0.39 is 22.5 Å². The molecule has 1 amide bonds. The maximum Gasteiger partial charge on any atom is 0.264 e. The second-order valence-corrected chi connectivity index (χ2v) is 11.4. The third kappa shape index (κ3) is 5.76. The number of rotatable bonds is 8. The minimum atomic E-state index is -4.00. The number of thioether (sulfide) groups is 1. The van der Waals surface area contributed by atoms with Gasteiger partial charge in [0.15, 0.2) is 4.34 Å². The van der Waals surface area contributed by atoms with Crippen molar-refractivity contribution >= 4 is 61.4 Å². The molecule has 1 N–H and O–H groups in total. The Morgan fingerprint density at radius 3 is 2.52 bits per heavy atom. The number of anilines is 2. The van der Waals surface area contributed by atoms with Crippen LogP contribution in [0.1, 0.15) is 18.1 Å². The Bertz CT molecular complexity index is 1180. The lowest BCUT2D eigenvalue weighted by molar-refractivity contribution is -0.114. The zero-order valence-corrected chi connectivity index (χ0v) is 20.3. The standard InChI is InChI=1S/C20H21ClN4O3S3/c1-4-29-20-24-23-19(30-20)22-18(26)12-25(17-10-7-15(21)11-14(17)3)31(27,28)16-8-5-13(2)6-9-16/h5-11H,4,12H2,1-3H3,(H,22,23,26). The number of amides is 1. The summed E-state index contributed by atoms with van der Waals surface area (Å²) < 4.78 is 28.7. The van der Waals surface area contributed by atoms with E-state index in [2.05, 4.69) is 15.5 Å². The summed E-state index contributed by atoms with van der Waals surface area (Å²) in [6.45, 7) is 5.19. The molecule has 31 heavy (non-hydrogen) atoms. The average molecular weight is 497 g/mol. The second kappa shape index (κ2) is 9.99. The van der Waals surface area contributed by atoms with E-state index in [9.17, 15) is 13.2 Å². The molecular formula is C20H21ClN4O3S3. The molecule has 0 aliphatic heterocycles. The van der Waals surface area contributed by atoms with Gasteiger partial charge in [0.25, 0.3) is 10.0 Å². The number of nitrogens with zero attached hydrogens (tertiary/aromatic N) is 3. The van der Waals surface area contributed by atoms with Gasteiger partial charge in [0.2, 0.25) is 11.0 Å². The van der Waals surface area contributed by atoms with Crippen molar-refractivity contribution in [1.29, 1.82) is 0 Å². The summed E-state index contributed by atoms with van der Waals surface area (Å²) in [6.07, 6.45) is 0. The largest absolute Gasteiger partial charge is 0.299 e. The van der Waals surface area contributed by atoms with Crippen LogP contribution >= 0.6 is 34.7 Å². The molecule has 0 bridgehead atoms. The Labute approximate surface area is 194 Å². The molecule has 1 heterocycles. The summed E-state index contributed by atoms with van der Waals surface area (Å²) in [6, 6.07) is 11.3. The van der Waals surface area contributed by atoms with Crippen LogP contribution in [-0.2, 0) is 14.8 Å². The number of halogens is 1. The molecule has 0 fully saturated rings. The molecule has 0 aliphatic carbocycles. The number of nitrogens with one attached hydrogen (secondary N) is 1. The summed E-state index contributed by atoms with van der Waals surface area (Å²) in [5.41, 5.74) is 1.94. The highest BCUT2D eigenvalue weighted by molar-refractivity contribution is 8.01. The van der Waals surface area contributed by atoms with E-state index in [-0.39, 0.29) is 4.90 Å². The highest BCUT2D eigenvalue weighted by Gasteiger charge is 2.28. The first-order valence-corrected chi connectivity index (χ1v) is 12.9. The number of aromatic nitrogens is 2. The van der Waals surface area contributed by atoms with Crippen LogP contribution in [0.15, 0.2) is 51.7 Å². The maximum atomic E-state index is 13.4. The molecule has 3 aromatic rings. The second-order valence-electron chi connectivity index (χ2n) is 6.61. The Balaban J connectivity index is 1.93. The van der Waals surface area contributed by atoms with Crippen molar-refractivity contribution in [3.05, 3.63) is 58.6 Å². The first-order chi connectivity index (χ1) is 14.7. The lowest BCUT2D eigenvalue weighted by Crippen LogP contribution is -2.38. The third-order valence-corrected chi connectivity index (χ3v) is 8.11. The van der Waals surface area contributed by atoms with Crippen LogP contribution in [0.2, 0.25) is 5.02 Å². The summed E-state index contributed by atoms with van der Waals surface area (Å²) in [5, 5.41) is 11.4. The Morgan fingerprint density at radius 1 is 1.16 bits per heavy atom. The Morgan fingerprint density at radius 2 is 1.87 bits per heavy atom. The van der Waals surface area contributed by atoms with Gasteiger partial charge in [-0.2, -0.15) is 0 Å². The summed E-state index contributed by atoms with van der Waals surface area (Å²) in [7, 11) is -4.00. The van der Waals surface area contributed by atoms with Gasteiger partial charge < -0.3 is 0 Å². The van der Waals surface area contributed by atoms with E-state index in [1.165, 1.54) is 35.2 Å². The first kappa shape index (κ1) is 23.5. The fraction of sp³-hybridized carbons (Fsp3) is 0.250. The maximum absolute atomic E-state index is 13.4. The number of hydrogen-bond acceptors (Lipinski definition) is 7. The van der Waals surface area contributed by atoms with Crippen LogP contribution in [0.25, 0.3) is 0 Å². The molecule has 7 nitrogen and oxygen atoms in total. The van der Waals surface area contributed by atoms with Gasteiger partial charge in [-0.05, 0) is 55.5 Å². The van der Waals surface area contributed by atoms with E-state index >= 15 is 0 Å². The van der Waals surface area contributed by atoms with Gasteiger partial charge in [0.05, 0.1) is 10.6 Å². The van der Waals surface area contributed by atoms with Crippen molar-refractivity contribution in [1.82, 2.24) is 10.2 Å². The lowest BCUT2D eigenvalue weighted by atomic mass is 10.2. The average Bonchev–Trinajstić information content (AvgIpc) is 3.14. The molecule has 1 aromatic heterocycles. The van der Waals surface area contributed by atoms with E-state index in [1.54, 1.807) is 37.3 Å². The van der Waals surface area contributed by atoms with Crippen molar-refractivity contribution in [3.63, 3.8) is 0 Å². The van der Waals surface area contributed by atoms with Crippen LogP contribution in [0.4, 0.5) is 10.8 Å². The molecule has 0 aliphatic rings. The van der Waals surface area contributed by atoms with Gasteiger partial charge in [-0.3, -0.25) is 14.4 Å². The Kier molecular flexibility index (Phi) is 7.58. The molecule has 0 spiro atoms. The molecule has 11 heteroatoms. The molecular weight excluding hydrogens is 476 g/mol. The number of hydrogen-bond donors (Lipinski definition) is 1. The molecule has 0 atom stereocenters. The van der Waals surface area contributed by atoms with Gasteiger partial charge in [-0.25, -0.2) is 8.42 Å². The smallest absolute Gasteiger partial charge is 0.264 e. The van der Waals surface area contributed by atoms with E-state index in [4.69, 9.17) is 11.6 Å². The monoisotopic (exact) mass is 496 g/mol. The zero-order chi connectivity index (χ0) is 22.6. The quantitative estimate of drug-likeness (QED) is 0.357. The number of carbonyl (C=O) groups excluding carboxylic acids is 1. The SMILES string of the molecule is CCSc1nnc(NC(=O)CN(c2ccc(Cl)cc2C)S(=O)(=O)c2ccc(C)cc2)s1. The van der Waals surface area contributed by atoms with Crippen LogP contribution in [0, 0.1) is 13.8 Å². The molecule has 0 saturated heterocycles. The number of benzene rings is 2. The van der Waals surface area contributed by atoms with Crippen molar-refractivity contribution < 1.29 is 13.2 Å². The van der Waals surface area contributed by atoms with Gasteiger partial charge in [-0.15, -0.1) is 10.2 Å². The fourth-order valence-corrected chi connectivity index (χ4v) is 6.14. The van der Waals surface area contributed by atoms with Crippen LogP contribution in [-0.4, -0.2) is 36.8 Å². The van der Waals surface area contributed by atoms with E-state index in [1.807, 2.05) is 13.8 Å². The van der Waals surface area contributed by atoms with E-state index in [0.717, 1.165) is 20.0 Å². The zero-order valence-electron chi connectivity index (χ0n) is 17.1. The molecule has 0 unspecified atom stereocenters. The fourth-order valence-electron chi connectivity index (χ4n) is 2.77. The van der Waals surface area contributed by atoms with Crippen LogP contribution < -0.4 is 9.62 Å². The summed E-state index contributed by atoms with van der Waals surface area (Å²) >= 11 is 8.81. The van der Waals surface area contributed by atoms with Crippen LogP contribution in [0.3, 0.4) is 0 Å². The lowest BCUT2D eigenvalue weighted by Gasteiger charge is -2.25. The topological polar surface area (TPSA) is 92.3 Å². The van der Waals surface area contributed by atoms with Crippen molar-refractivity contribution in [3.8, 4) is 0 Å². The highest BCUT2D eigenvalue weighted by Crippen LogP contribution is 2.30. The minimum Gasteiger partial charge on any atom is -0.299 e. The van der Waals surface area contributed by atoms with E-state index in [0.29, 0.717) is 21.4 Å². The first-order valence-electron chi connectivity index (χ1n) is 9.32. The predicted octanol–water partition coefficient (Wildman–Crippen LogP) is 4.75. The third-order valence-electron chi connectivity index (χ3n) is 4.24. The van der Waals surface area contributed by atoms with Gasteiger partial charge in [0, 0.05) is 5.02 Å². The normalized spacial score (nSPS) is 11.4. The Hall–Kier alpha value is -2.14. The van der Waals surface area contributed by atoms with Crippen molar-refractivity contribution in [2.45, 2.75) is 30.0 Å². The summed E-state index contributed by atoms with van der Waals surface area (Å²) in [4.78, 5) is 12.9. The van der Waals surface area contributed by atoms with Gasteiger partial charge in [-0.1, -0.05) is 59.3 Å². The van der Waals surface area contributed by atoms with Gasteiger partial charge in [0.1, 0.15) is 6.54 Å². The molecule has 0 saturated carbocycles. The molecule has 3 rings (SSSR count). The number of aryl methyl sites for hydroxylation is 2. The molecule has 164 valence electrons. The highest BCUT2D eigenvalue weighted by atomic mass is 35.5. The van der Waals surface area contributed by atoms with Crippen molar-refractivity contribution in [2.75, 3.05) is 21.9 Å². The summed E-state index contributed by atoms with van der Waals surface area (Å²) in [5.74, 6) is 0.315. The number of sulfonamides is 1. The molecule has 0 radical (unpaired) electrons. The number of carbonyl (C=O) groups is 1.